The van der Waals surface area contributed by atoms with Gasteiger partial charge in [0, 0.05) is 11.1 Å². The van der Waals surface area contributed by atoms with Crippen molar-refractivity contribution in [2.45, 2.75) is 6.92 Å². The van der Waals surface area contributed by atoms with Crippen molar-refractivity contribution in [3.63, 3.8) is 0 Å². The molecule has 23 heavy (non-hydrogen) atoms. The number of aromatic nitrogens is 4. The smallest absolute Gasteiger partial charge is 0.235 e. The topological polar surface area (TPSA) is 52.3 Å². The molecule has 0 atom stereocenters. The fraction of sp³-hybridized carbons (Fsp3) is 0.118. The number of fused-ring (bicyclic) bond motifs is 1. The van der Waals surface area contributed by atoms with Gasteiger partial charge in [-0.15, -0.1) is 10.2 Å². The monoisotopic (exact) mass is 322 g/mol. The molecule has 4 aromatic rings. The van der Waals surface area contributed by atoms with Crippen LogP contribution in [0.4, 0.5) is 0 Å². The van der Waals surface area contributed by atoms with Crippen molar-refractivity contribution in [3.05, 3.63) is 54.1 Å². The lowest BCUT2D eigenvalue weighted by Crippen LogP contribution is -1.92. The quantitative estimate of drug-likeness (QED) is 0.575. The summed E-state index contributed by atoms with van der Waals surface area (Å²) in [6.45, 7) is 2.08. The molecule has 0 aliphatic heterocycles. The van der Waals surface area contributed by atoms with Gasteiger partial charge in [0.25, 0.3) is 0 Å². The highest BCUT2D eigenvalue weighted by atomic mass is 32.1. The summed E-state index contributed by atoms with van der Waals surface area (Å²) >= 11 is 1.54. The van der Waals surface area contributed by atoms with Gasteiger partial charge >= 0.3 is 0 Å². The fourth-order valence-electron chi connectivity index (χ4n) is 2.48. The number of methoxy groups -OCH3 is 1. The second kappa shape index (κ2) is 5.48. The number of hydrogen-bond donors (Lipinski definition) is 0. The zero-order chi connectivity index (χ0) is 15.8. The normalized spacial score (nSPS) is 11.0. The van der Waals surface area contributed by atoms with E-state index in [1.54, 1.807) is 11.6 Å². The molecule has 5 nitrogen and oxygen atoms in total. The Morgan fingerprint density at radius 2 is 1.91 bits per heavy atom. The number of ether oxygens (including phenoxy) is 1. The first kappa shape index (κ1) is 13.9. The molecule has 114 valence electrons. The largest absolute Gasteiger partial charge is 0.497 e. The van der Waals surface area contributed by atoms with Crippen LogP contribution < -0.4 is 4.74 Å². The molecule has 0 fully saturated rings. The zero-order valence-electron chi connectivity index (χ0n) is 12.7. The first-order valence-electron chi connectivity index (χ1n) is 7.19. The summed E-state index contributed by atoms with van der Waals surface area (Å²) in [5, 5.41) is 14.2. The predicted molar refractivity (Wildman–Crippen MR) is 90.8 cm³/mol. The molecular formula is C17H14N4OS. The molecule has 0 saturated carbocycles. The van der Waals surface area contributed by atoms with E-state index in [2.05, 4.69) is 29.3 Å². The van der Waals surface area contributed by atoms with Crippen molar-refractivity contribution < 1.29 is 4.74 Å². The van der Waals surface area contributed by atoms with Crippen molar-refractivity contribution in [3.8, 4) is 27.7 Å². The maximum absolute atomic E-state index is 5.28. The van der Waals surface area contributed by atoms with Crippen LogP contribution in [0.2, 0.25) is 0 Å². The van der Waals surface area contributed by atoms with E-state index in [1.807, 2.05) is 36.4 Å². The molecule has 6 heteroatoms. The van der Waals surface area contributed by atoms with Crippen LogP contribution >= 0.6 is 11.3 Å². The van der Waals surface area contributed by atoms with Crippen molar-refractivity contribution in [1.29, 1.82) is 0 Å². The summed E-state index contributed by atoms with van der Waals surface area (Å²) < 4.78 is 7.07. The summed E-state index contributed by atoms with van der Waals surface area (Å²) in [7, 11) is 1.65. The van der Waals surface area contributed by atoms with Gasteiger partial charge in [0.05, 0.1) is 7.11 Å². The van der Waals surface area contributed by atoms with Gasteiger partial charge in [0.15, 0.2) is 5.82 Å². The van der Waals surface area contributed by atoms with Crippen molar-refractivity contribution in [1.82, 2.24) is 19.8 Å². The summed E-state index contributed by atoms with van der Waals surface area (Å²) in [5.41, 5.74) is 3.25. The molecule has 2 heterocycles. The number of rotatable bonds is 3. The van der Waals surface area contributed by atoms with Crippen molar-refractivity contribution >= 4 is 16.3 Å². The molecule has 0 bridgehead atoms. The van der Waals surface area contributed by atoms with Crippen LogP contribution in [-0.2, 0) is 0 Å². The standard InChI is InChI=1S/C17H14N4OS/c1-11-6-3-4-9-14(11)16-20-21-15(18-19-17(21)23-16)12-7-5-8-13(10-12)22-2/h3-10H,1-2H3. The van der Waals surface area contributed by atoms with Gasteiger partial charge in [-0.1, -0.05) is 47.7 Å². The van der Waals surface area contributed by atoms with Crippen LogP contribution in [0.15, 0.2) is 48.5 Å². The third-order valence-electron chi connectivity index (χ3n) is 3.69. The Labute approximate surface area is 137 Å². The molecule has 2 aromatic carbocycles. The van der Waals surface area contributed by atoms with Gasteiger partial charge < -0.3 is 4.74 Å². The summed E-state index contributed by atoms with van der Waals surface area (Å²) in [6, 6.07) is 16.0. The van der Waals surface area contributed by atoms with E-state index in [1.165, 1.54) is 16.9 Å². The SMILES string of the molecule is COc1cccc(-c2nnc3sc(-c4ccccc4C)nn23)c1. The highest BCUT2D eigenvalue weighted by Crippen LogP contribution is 2.30. The maximum Gasteiger partial charge on any atom is 0.235 e. The minimum atomic E-state index is 0.718. The van der Waals surface area contributed by atoms with Crippen LogP contribution in [0.3, 0.4) is 0 Å². The van der Waals surface area contributed by atoms with Crippen LogP contribution in [0.5, 0.6) is 5.75 Å². The Hall–Kier alpha value is -2.73. The highest BCUT2D eigenvalue weighted by molar-refractivity contribution is 7.19. The average molecular weight is 322 g/mol. The van der Waals surface area contributed by atoms with Gasteiger partial charge in [-0.25, -0.2) is 0 Å². The Morgan fingerprint density at radius 3 is 2.74 bits per heavy atom. The molecule has 0 unspecified atom stereocenters. The molecule has 4 rings (SSSR count). The molecule has 0 radical (unpaired) electrons. The van der Waals surface area contributed by atoms with Crippen LogP contribution in [0, 0.1) is 6.92 Å². The lowest BCUT2D eigenvalue weighted by molar-refractivity contribution is 0.415. The molecule has 0 aliphatic carbocycles. The Bertz CT molecular complexity index is 989. The van der Waals surface area contributed by atoms with Gasteiger partial charge in [-0.2, -0.15) is 9.61 Å². The van der Waals surface area contributed by atoms with E-state index < -0.39 is 0 Å². The van der Waals surface area contributed by atoms with Crippen molar-refractivity contribution in [2.24, 2.45) is 0 Å². The first-order chi connectivity index (χ1) is 11.3. The Kier molecular flexibility index (Phi) is 3.31. The Morgan fingerprint density at radius 1 is 1.04 bits per heavy atom. The van der Waals surface area contributed by atoms with E-state index in [4.69, 9.17) is 9.84 Å². The molecular weight excluding hydrogens is 308 g/mol. The molecule has 0 saturated heterocycles. The summed E-state index contributed by atoms with van der Waals surface area (Å²) in [4.78, 5) is 0.779. The van der Waals surface area contributed by atoms with E-state index in [0.29, 0.717) is 0 Å². The second-order valence-electron chi connectivity index (χ2n) is 5.17. The van der Waals surface area contributed by atoms with Gasteiger partial charge in [-0.05, 0) is 24.6 Å². The third kappa shape index (κ3) is 2.37. The number of benzene rings is 2. The molecule has 0 amide bonds. The summed E-state index contributed by atoms with van der Waals surface area (Å²) in [5.74, 6) is 1.50. The average Bonchev–Trinajstić information content (AvgIpc) is 3.15. The zero-order valence-corrected chi connectivity index (χ0v) is 13.5. The number of nitrogens with zero attached hydrogens (tertiary/aromatic N) is 4. The minimum Gasteiger partial charge on any atom is -0.497 e. The molecule has 2 aromatic heterocycles. The lowest BCUT2D eigenvalue weighted by atomic mass is 10.1. The van der Waals surface area contributed by atoms with E-state index in [9.17, 15) is 0 Å². The first-order valence-corrected chi connectivity index (χ1v) is 8.00. The number of hydrogen-bond acceptors (Lipinski definition) is 5. The van der Waals surface area contributed by atoms with Crippen LogP contribution in [0.1, 0.15) is 5.56 Å². The minimum absolute atomic E-state index is 0.718. The van der Waals surface area contributed by atoms with Gasteiger partial charge in [-0.3, -0.25) is 0 Å². The van der Waals surface area contributed by atoms with Crippen LogP contribution in [0.25, 0.3) is 26.9 Å². The molecule has 0 spiro atoms. The van der Waals surface area contributed by atoms with E-state index in [0.717, 1.165) is 32.7 Å². The Balaban J connectivity index is 1.85. The summed E-state index contributed by atoms with van der Waals surface area (Å²) in [6.07, 6.45) is 0. The molecule has 0 aliphatic rings. The van der Waals surface area contributed by atoms with Gasteiger partial charge in [0.1, 0.15) is 10.8 Å². The van der Waals surface area contributed by atoms with Crippen LogP contribution in [-0.4, -0.2) is 26.9 Å². The van der Waals surface area contributed by atoms with E-state index in [-0.39, 0.29) is 0 Å². The second-order valence-corrected chi connectivity index (χ2v) is 6.13. The van der Waals surface area contributed by atoms with Gasteiger partial charge in [0.2, 0.25) is 4.96 Å². The van der Waals surface area contributed by atoms with E-state index >= 15 is 0 Å². The molecule has 0 N–H and O–H groups in total. The third-order valence-corrected chi connectivity index (χ3v) is 4.63. The lowest BCUT2D eigenvalue weighted by Gasteiger charge is -2.02. The van der Waals surface area contributed by atoms with Crippen molar-refractivity contribution in [2.75, 3.05) is 7.11 Å². The predicted octanol–water partition coefficient (Wildman–Crippen LogP) is 3.84. The fourth-order valence-corrected chi connectivity index (χ4v) is 3.41. The highest BCUT2D eigenvalue weighted by Gasteiger charge is 2.15. The number of aryl methyl sites for hydroxylation is 1. The maximum atomic E-state index is 5.28.